The number of amides is 4. The molecule has 4 N–H and O–H groups in total. The van der Waals surface area contributed by atoms with Crippen molar-refractivity contribution >= 4 is 23.5 Å². The largest absolute Gasteiger partial charge is 0.416 e. The summed E-state index contributed by atoms with van der Waals surface area (Å²) in [5.41, 5.74) is 3.74. The van der Waals surface area contributed by atoms with Gasteiger partial charge in [-0.1, -0.05) is 0 Å². The van der Waals surface area contributed by atoms with Gasteiger partial charge >= 0.3 is 12.2 Å². The van der Waals surface area contributed by atoms with Gasteiger partial charge in [-0.2, -0.15) is 13.2 Å². The van der Waals surface area contributed by atoms with Crippen molar-refractivity contribution in [1.82, 2.24) is 10.2 Å². The highest BCUT2D eigenvalue weighted by molar-refractivity contribution is 6.06. The minimum Gasteiger partial charge on any atom is -0.326 e. The van der Waals surface area contributed by atoms with Crippen molar-refractivity contribution in [2.45, 2.75) is 44.9 Å². The molecule has 148 valence electrons. The third-order valence-electron chi connectivity index (χ3n) is 4.07. The zero-order chi connectivity index (χ0) is 20.4. The summed E-state index contributed by atoms with van der Waals surface area (Å²) in [6.45, 7) is 3.08. The highest BCUT2D eigenvalue weighted by atomic mass is 19.4. The fourth-order valence-electron chi connectivity index (χ4n) is 2.69. The number of hydrogen-bond donors (Lipinski definition) is 3. The average molecular weight is 386 g/mol. The first-order valence-corrected chi connectivity index (χ1v) is 8.29. The molecule has 1 fully saturated rings. The number of carbonyl (C=O) groups is 3. The van der Waals surface area contributed by atoms with Crippen LogP contribution in [0.2, 0.25) is 0 Å². The number of halogens is 3. The van der Waals surface area contributed by atoms with Gasteiger partial charge in [-0.3, -0.25) is 14.5 Å². The number of imide groups is 1. The predicted octanol–water partition coefficient (Wildman–Crippen LogP) is 2.21. The van der Waals surface area contributed by atoms with E-state index in [0.717, 1.165) is 17.0 Å². The van der Waals surface area contributed by atoms with Crippen LogP contribution in [0.5, 0.6) is 0 Å². The number of nitrogens with zero attached hydrogens (tertiary/aromatic N) is 1. The first-order valence-electron chi connectivity index (χ1n) is 8.29. The smallest absolute Gasteiger partial charge is 0.326 e. The van der Waals surface area contributed by atoms with Gasteiger partial charge in [0.1, 0.15) is 5.54 Å². The van der Waals surface area contributed by atoms with Crippen molar-refractivity contribution in [1.29, 1.82) is 0 Å². The molecule has 1 aliphatic rings. The van der Waals surface area contributed by atoms with Gasteiger partial charge in [-0.25, -0.2) is 4.79 Å². The quantitative estimate of drug-likeness (QED) is 0.652. The van der Waals surface area contributed by atoms with Gasteiger partial charge in [-0.15, -0.1) is 0 Å². The van der Waals surface area contributed by atoms with Crippen LogP contribution in [-0.4, -0.2) is 34.8 Å². The standard InChI is InChI=1S/C17H21F3N4O3/c1-16(2)14(26)24(15(27)23-16)5-3-4-13(25)22-12-7-10(9-21)6-11(8-12)17(18,19)20/h6-8H,3-5,9,21H2,1-2H3,(H,22,25)(H,23,27). The van der Waals surface area contributed by atoms with Gasteiger partial charge in [0.05, 0.1) is 5.56 Å². The van der Waals surface area contributed by atoms with Crippen LogP contribution in [-0.2, 0) is 22.3 Å². The third-order valence-corrected chi connectivity index (χ3v) is 4.07. The number of hydrogen-bond acceptors (Lipinski definition) is 4. The first kappa shape index (κ1) is 20.7. The van der Waals surface area contributed by atoms with Crippen molar-refractivity contribution in [3.05, 3.63) is 29.3 Å². The molecule has 2 rings (SSSR count). The number of urea groups is 1. The molecule has 7 nitrogen and oxygen atoms in total. The van der Waals surface area contributed by atoms with Crippen LogP contribution in [0.4, 0.5) is 23.7 Å². The Morgan fingerprint density at radius 2 is 1.93 bits per heavy atom. The Labute approximate surface area is 154 Å². The molecule has 0 spiro atoms. The van der Waals surface area contributed by atoms with E-state index >= 15 is 0 Å². The SMILES string of the molecule is CC1(C)NC(=O)N(CCCC(=O)Nc2cc(CN)cc(C(F)(F)F)c2)C1=O. The maximum Gasteiger partial charge on any atom is 0.416 e. The summed E-state index contributed by atoms with van der Waals surface area (Å²) in [5, 5.41) is 4.92. The van der Waals surface area contributed by atoms with E-state index < -0.39 is 35.1 Å². The second kappa shape index (κ2) is 7.55. The van der Waals surface area contributed by atoms with Crippen molar-refractivity contribution in [2.75, 3.05) is 11.9 Å². The highest BCUT2D eigenvalue weighted by Gasteiger charge is 2.43. The lowest BCUT2D eigenvalue weighted by Gasteiger charge is -2.16. The Morgan fingerprint density at radius 3 is 2.44 bits per heavy atom. The Bertz CT molecular complexity index is 762. The summed E-state index contributed by atoms with van der Waals surface area (Å²) in [7, 11) is 0. The summed E-state index contributed by atoms with van der Waals surface area (Å²) in [6.07, 6.45) is -4.43. The Hall–Kier alpha value is -2.62. The van der Waals surface area contributed by atoms with Crippen LogP contribution in [0, 0.1) is 0 Å². The van der Waals surface area contributed by atoms with Crippen molar-refractivity contribution < 1.29 is 27.6 Å². The number of alkyl halides is 3. The van der Waals surface area contributed by atoms with Crippen LogP contribution < -0.4 is 16.4 Å². The summed E-state index contributed by atoms with van der Waals surface area (Å²) >= 11 is 0. The Morgan fingerprint density at radius 1 is 1.26 bits per heavy atom. The first-order chi connectivity index (χ1) is 12.4. The van der Waals surface area contributed by atoms with Crippen molar-refractivity contribution in [2.24, 2.45) is 5.73 Å². The molecule has 0 aromatic heterocycles. The van der Waals surface area contributed by atoms with Gasteiger partial charge in [0, 0.05) is 25.2 Å². The molecule has 0 bridgehead atoms. The summed E-state index contributed by atoms with van der Waals surface area (Å²) in [5.74, 6) is -0.915. The Balaban J connectivity index is 1.95. The molecular weight excluding hydrogens is 365 g/mol. The monoisotopic (exact) mass is 386 g/mol. The minimum absolute atomic E-state index is 0.00796. The molecule has 1 aliphatic heterocycles. The van der Waals surface area contributed by atoms with E-state index in [1.54, 1.807) is 13.8 Å². The number of benzene rings is 1. The molecule has 1 aromatic carbocycles. The van der Waals surface area contributed by atoms with Gasteiger partial charge < -0.3 is 16.4 Å². The number of nitrogens with one attached hydrogen (secondary N) is 2. The molecular formula is C17H21F3N4O3. The average Bonchev–Trinajstić information content (AvgIpc) is 2.75. The normalized spacial score (nSPS) is 16.4. The zero-order valence-corrected chi connectivity index (χ0v) is 14.9. The van der Waals surface area contributed by atoms with E-state index in [1.165, 1.54) is 6.07 Å². The van der Waals surface area contributed by atoms with E-state index in [2.05, 4.69) is 10.6 Å². The lowest BCUT2D eigenvalue weighted by molar-refractivity contribution is -0.137. The highest BCUT2D eigenvalue weighted by Crippen LogP contribution is 2.32. The number of carbonyl (C=O) groups excluding carboxylic acids is 3. The second-order valence-electron chi connectivity index (χ2n) is 6.78. The molecule has 0 saturated carbocycles. The molecule has 0 aliphatic carbocycles. The minimum atomic E-state index is -4.55. The molecule has 10 heteroatoms. The second-order valence-corrected chi connectivity index (χ2v) is 6.78. The number of nitrogens with two attached hydrogens (primary N) is 1. The van der Waals surface area contributed by atoms with E-state index in [-0.39, 0.29) is 37.2 Å². The molecule has 1 heterocycles. The fraction of sp³-hybridized carbons (Fsp3) is 0.471. The molecule has 0 unspecified atom stereocenters. The van der Waals surface area contributed by atoms with E-state index in [4.69, 9.17) is 5.73 Å². The summed E-state index contributed by atoms with van der Waals surface area (Å²) in [4.78, 5) is 36.8. The Kier molecular flexibility index (Phi) is 5.79. The third kappa shape index (κ3) is 4.97. The van der Waals surface area contributed by atoms with E-state index in [9.17, 15) is 27.6 Å². The fourth-order valence-corrected chi connectivity index (χ4v) is 2.69. The lowest BCUT2D eigenvalue weighted by Crippen LogP contribution is -2.40. The summed E-state index contributed by atoms with van der Waals surface area (Å²) in [6, 6.07) is 2.59. The topological polar surface area (TPSA) is 105 Å². The number of anilines is 1. The van der Waals surface area contributed by atoms with E-state index in [0.29, 0.717) is 0 Å². The van der Waals surface area contributed by atoms with Crippen molar-refractivity contribution in [3.63, 3.8) is 0 Å². The van der Waals surface area contributed by atoms with E-state index in [1.807, 2.05) is 0 Å². The molecule has 0 radical (unpaired) electrons. The number of rotatable bonds is 6. The molecule has 27 heavy (non-hydrogen) atoms. The van der Waals surface area contributed by atoms with Crippen LogP contribution >= 0.6 is 0 Å². The molecule has 1 aromatic rings. The van der Waals surface area contributed by atoms with Crippen LogP contribution in [0.1, 0.15) is 37.8 Å². The van der Waals surface area contributed by atoms with Gasteiger partial charge in [0.15, 0.2) is 0 Å². The van der Waals surface area contributed by atoms with Crippen molar-refractivity contribution in [3.8, 4) is 0 Å². The van der Waals surface area contributed by atoms with Gasteiger partial charge in [0.2, 0.25) is 5.91 Å². The molecule has 4 amide bonds. The molecule has 0 atom stereocenters. The van der Waals surface area contributed by atoms with Gasteiger partial charge in [0.25, 0.3) is 5.91 Å². The maximum atomic E-state index is 12.9. The summed E-state index contributed by atoms with van der Waals surface area (Å²) < 4.78 is 38.7. The van der Waals surface area contributed by atoms with Crippen LogP contribution in [0.3, 0.4) is 0 Å². The zero-order valence-electron chi connectivity index (χ0n) is 14.9. The van der Waals surface area contributed by atoms with Crippen LogP contribution in [0.25, 0.3) is 0 Å². The molecule has 1 saturated heterocycles. The maximum absolute atomic E-state index is 12.9. The predicted molar refractivity (Wildman–Crippen MR) is 91.5 cm³/mol. The lowest BCUT2D eigenvalue weighted by atomic mass is 10.1. The van der Waals surface area contributed by atoms with Crippen LogP contribution in [0.15, 0.2) is 18.2 Å². The van der Waals surface area contributed by atoms with Gasteiger partial charge in [-0.05, 0) is 44.0 Å².